The Morgan fingerprint density at radius 2 is 2.17 bits per heavy atom. The molecule has 2 N–H and O–H groups in total. The van der Waals surface area contributed by atoms with Gasteiger partial charge >= 0.3 is 0 Å². The second-order valence-electron chi connectivity index (χ2n) is 6.12. The van der Waals surface area contributed by atoms with Gasteiger partial charge in [0.25, 0.3) is 5.91 Å². The summed E-state index contributed by atoms with van der Waals surface area (Å²) >= 11 is 1.19. The Morgan fingerprint density at radius 1 is 1.34 bits per heavy atom. The zero-order valence-corrected chi connectivity index (χ0v) is 16.0. The van der Waals surface area contributed by atoms with Crippen LogP contribution in [0.15, 0.2) is 63.9 Å². The number of hydrogen-bond donors (Lipinski definition) is 2. The SMILES string of the molecule is CCOc1cc([C@@H]2C(C(=O)c3ccco3)=C(O)C(=O)N2c2nccs2)ccc1O. The largest absolute Gasteiger partial charge is 0.504 e. The molecule has 0 saturated heterocycles. The Labute approximate surface area is 169 Å². The molecule has 0 bridgehead atoms. The molecular formula is C20H16N2O6S. The van der Waals surface area contributed by atoms with Crippen LogP contribution in [-0.2, 0) is 4.79 Å². The van der Waals surface area contributed by atoms with Crippen molar-refractivity contribution in [1.82, 2.24) is 4.98 Å². The second-order valence-corrected chi connectivity index (χ2v) is 6.99. The fourth-order valence-electron chi connectivity index (χ4n) is 3.20. The third-order valence-corrected chi connectivity index (χ3v) is 5.19. The number of benzene rings is 1. The molecular weight excluding hydrogens is 396 g/mol. The molecule has 148 valence electrons. The van der Waals surface area contributed by atoms with Crippen LogP contribution in [0.2, 0.25) is 0 Å². The van der Waals surface area contributed by atoms with E-state index in [1.807, 2.05) is 0 Å². The van der Waals surface area contributed by atoms with Gasteiger partial charge in [0.1, 0.15) is 0 Å². The van der Waals surface area contributed by atoms with Crippen molar-refractivity contribution < 1.29 is 29.0 Å². The monoisotopic (exact) mass is 412 g/mol. The van der Waals surface area contributed by atoms with Gasteiger partial charge in [-0.25, -0.2) is 4.98 Å². The topological polar surface area (TPSA) is 113 Å². The van der Waals surface area contributed by atoms with Crippen LogP contribution in [0.5, 0.6) is 11.5 Å². The summed E-state index contributed by atoms with van der Waals surface area (Å²) in [6, 6.07) is 6.54. The lowest BCUT2D eigenvalue weighted by atomic mass is 9.95. The van der Waals surface area contributed by atoms with Crippen molar-refractivity contribution in [2.45, 2.75) is 13.0 Å². The van der Waals surface area contributed by atoms with Crippen molar-refractivity contribution in [2.75, 3.05) is 11.5 Å². The summed E-state index contributed by atoms with van der Waals surface area (Å²) in [5.41, 5.74) is 0.335. The van der Waals surface area contributed by atoms with Crippen LogP contribution in [0.25, 0.3) is 0 Å². The smallest absolute Gasteiger partial charge is 0.296 e. The van der Waals surface area contributed by atoms with Gasteiger partial charge in [-0.15, -0.1) is 11.3 Å². The number of phenolic OH excluding ortho intramolecular Hbond substituents is 1. The van der Waals surface area contributed by atoms with Crippen molar-refractivity contribution >= 4 is 28.2 Å². The first kappa shape index (κ1) is 18.8. The third-order valence-electron chi connectivity index (χ3n) is 4.42. The minimum Gasteiger partial charge on any atom is -0.504 e. The molecule has 1 amide bonds. The van der Waals surface area contributed by atoms with E-state index < -0.39 is 23.5 Å². The quantitative estimate of drug-likeness (QED) is 0.595. The van der Waals surface area contributed by atoms with Gasteiger partial charge in [0.2, 0.25) is 5.78 Å². The van der Waals surface area contributed by atoms with Gasteiger partial charge in [0.05, 0.1) is 24.5 Å². The average Bonchev–Trinajstić information content (AvgIpc) is 3.46. The molecule has 9 heteroatoms. The third kappa shape index (κ3) is 3.15. The van der Waals surface area contributed by atoms with E-state index in [0.29, 0.717) is 17.3 Å². The van der Waals surface area contributed by atoms with Gasteiger partial charge in [0, 0.05) is 11.6 Å². The molecule has 1 aromatic carbocycles. The molecule has 0 aliphatic carbocycles. The molecule has 29 heavy (non-hydrogen) atoms. The van der Waals surface area contributed by atoms with Gasteiger partial charge in [-0.2, -0.15) is 0 Å². The van der Waals surface area contributed by atoms with Crippen LogP contribution in [0.3, 0.4) is 0 Å². The Kier molecular flexibility index (Phi) is 4.81. The number of aliphatic hydroxyl groups excluding tert-OH is 1. The molecule has 1 atom stereocenters. The van der Waals surface area contributed by atoms with Gasteiger partial charge in [-0.05, 0) is 36.8 Å². The number of phenols is 1. The van der Waals surface area contributed by atoms with Crippen molar-refractivity contribution in [3.05, 3.63) is 70.8 Å². The average molecular weight is 412 g/mol. The molecule has 2 aromatic heterocycles. The number of thiazole rings is 1. The highest BCUT2D eigenvalue weighted by molar-refractivity contribution is 7.13. The number of aliphatic hydroxyl groups is 1. The van der Waals surface area contributed by atoms with Crippen LogP contribution >= 0.6 is 11.3 Å². The second kappa shape index (κ2) is 7.44. The lowest BCUT2D eigenvalue weighted by Gasteiger charge is -2.24. The highest BCUT2D eigenvalue weighted by Crippen LogP contribution is 2.44. The maximum Gasteiger partial charge on any atom is 0.296 e. The van der Waals surface area contributed by atoms with Crippen LogP contribution in [0.1, 0.15) is 29.1 Å². The number of Topliss-reactive ketones (excluding diaryl/α,β-unsaturated/α-hetero) is 1. The van der Waals surface area contributed by atoms with Gasteiger partial charge < -0.3 is 19.4 Å². The van der Waals surface area contributed by atoms with E-state index in [2.05, 4.69) is 4.98 Å². The van der Waals surface area contributed by atoms with Crippen molar-refractivity contribution in [1.29, 1.82) is 0 Å². The van der Waals surface area contributed by atoms with E-state index in [1.54, 1.807) is 24.4 Å². The summed E-state index contributed by atoms with van der Waals surface area (Å²) in [4.78, 5) is 31.3. The summed E-state index contributed by atoms with van der Waals surface area (Å²) < 4.78 is 10.6. The lowest BCUT2D eigenvalue weighted by Crippen LogP contribution is -2.30. The van der Waals surface area contributed by atoms with Crippen molar-refractivity contribution in [2.24, 2.45) is 0 Å². The molecule has 4 rings (SSSR count). The molecule has 1 aliphatic rings. The summed E-state index contributed by atoms with van der Waals surface area (Å²) in [5, 5.41) is 22.6. The Morgan fingerprint density at radius 3 is 2.83 bits per heavy atom. The maximum atomic E-state index is 13.1. The van der Waals surface area contributed by atoms with Crippen LogP contribution in [-0.4, -0.2) is 33.5 Å². The number of amides is 1. The molecule has 3 heterocycles. The Balaban J connectivity index is 1.88. The summed E-state index contributed by atoms with van der Waals surface area (Å²) in [6.07, 6.45) is 2.86. The van der Waals surface area contributed by atoms with E-state index in [-0.39, 0.29) is 22.8 Å². The van der Waals surface area contributed by atoms with Gasteiger partial charge in [0.15, 0.2) is 28.1 Å². The number of ketones is 1. The van der Waals surface area contributed by atoms with E-state index in [0.717, 1.165) is 0 Å². The molecule has 0 unspecified atom stereocenters. The first-order valence-electron chi connectivity index (χ1n) is 8.73. The number of carbonyl (C=O) groups is 2. The highest BCUT2D eigenvalue weighted by atomic mass is 32.1. The minimum atomic E-state index is -0.967. The number of aromatic hydroxyl groups is 1. The van der Waals surface area contributed by atoms with E-state index >= 15 is 0 Å². The first-order valence-corrected chi connectivity index (χ1v) is 9.61. The number of nitrogens with zero attached hydrogens (tertiary/aromatic N) is 2. The normalized spacial score (nSPS) is 16.5. The standard InChI is InChI=1S/C20H16N2O6S/c1-2-27-14-10-11(5-6-12(14)23)16-15(17(24)13-4-3-8-28-13)18(25)19(26)22(16)20-21-7-9-29-20/h3-10,16,23,25H,2H2,1H3/t16-/m1/s1. The predicted molar refractivity (Wildman–Crippen MR) is 104 cm³/mol. The van der Waals surface area contributed by atoms with E-state index in [1.165, 1.54) is 46.9 Å². The highest BCUT2D eigenvalue weighted by Gasteiger charge is 2.46. The zero-order chi connectivity index (χ0) is 20.5. The van der Waals surface area contributed by atoms with Crippen LogP contribution in [0.4, 0.5) is 5.13 Å². The van der Waals surface area contributed by atoms with Crippen molar-refractivity contribution in [3.63, 3.8) is 0 Å². The molecule has 0 saturated carbocycles. The molecule has 8 nitrogen and oxygen atoms in total. The Bertz CT molecular complexity index is 1090. The van der Waals surface area contributed by atoms with Gasteiger partial charge in [-0.1, -0.05) is 6.07 Å². The number of carbonyl (C=O) groups excluding carboxylic acids is 2. The fraction of sp³-hybridized carbons (Fsp3) is 0.150. The lowest BCUT2D eigenvalue weighted by molar-refractivity contribution is -0.117. The first-order chi connectivity index (χ1) is 14.0. The number of ether oxygens (including phenoxy) is 1. The number of hydrogen-bond acceptors (Lipinski definition) is 8. The van der Waals surface area contributed by atoms with E-state index in [9.17, 15) is 19.8 Å². The molecule has 0 fully saturated rings. The van der Waals surface area contributed by atoms with Gasteiger partial charge in [-0.3, -0.25) is 14.5 Å². The van der Waals surface area contributed by atoms with Crippen molar-refractivity contribution in [3.8, 4) is 11.5 Å². The fourth-order valence-corrected chi connectivity index (χ4v) is 3.86. The van der Waals surface area contributed by atoms with Crippen LogP contribution in [0, 0.1) is 0 Å². The molecule has 1 aliphatic heterocycles. The molecule has 3 aromatic rings. The number of rotatable bonds is 6. The molecule has 0 spiro atoms. The molecule has 0 radical (unpaired) electrons. The van der Waals surface area contributed by atoms with E-state index in [4.69, 9.17) is 9.15 Å². The zero-order valence-electron chi connectivity index (χ0n) is 15.2. The summed E-state index contributed by atoms with van der Waals surface area (Å²) in [6.45, 7) is 2.08. The summed E-state index contributed by atoms with van der Waals surface area (Å²) in [7, 11) is 0. The number of furan rings is 1. The number of anilines is 1. The maximum absolute atomic E-state index is 13.1. The summed E-state index contributed by atoms with van der Waals surface area (Å²) in [5.74, 6) is -1.91. The number of aromatic nitrogens is 1. The minimum absolute atomic E-state index is 0.00542. The Hall–Kier alpha value is -3.59. The predicted octanol–water partition coefficient (Wildman–Crippen LogP) is 3.62. The van der Waals surface area contributed by atoms with Crippen LogP contribution < -0.4 is 9.64 Å².